The average Bonchev–Trinajstić information content (AvgIpc) is 2.91. The molecule has 2 atom stereocenters. The molecule has 1 heterocycles. The van der Waals surface area contributed by atoms with E-state index in [0.717, 1.165) is 38.1 Å². The van der Waals surface area contributed by atoms with E-state index in [-0.39, 0.29) is 5.82 Å². The largest absolute Gasteiger partial charge is 0.387 e. The molecule has 19 heavy (non-hydrogen) atoms. The maximum Gasteiger partial charge on any atom is 0.123 e. The SMILES string of the molecule is CCN(CC1CCCO1)CC(O)c1ccc(F)cc1. The molecule has 0 aliphatic carbocycles. The Balaban J connectivity index is 1.87. The molecule has 1 aliphatic heterocycles. The summed E-state index contributed by atoms with van der Waals surface area (Å²) in [5, 5.41) is 10.2. The van der Waals surface area contributed by atoms with E-state index in [0.29, 0.717) is 12.6 Å². The topological polar surface area (TPSA) is 32.7 Å². The molecule has 0 bridgehead atoms. The van der Waals surface area contributed by atoms with Crippen LogP contribution in [0.5, 0.6) is 0 Å². The van der Waals surface area contributed by atoms with Gasteiger partial charge in [0.15, 0.2) is 0 Å². The van der Waals surface area contributed by atoms with Crippen molar-refractivity contribution in [3.8, 4) is 0 Å². The highest BCUT2D eigenvalue weighted by Gasteiger charge is 2.20. The van der Waals surface area contributed by atoms with Crippen molar-refractivity contribution in [3.63, 3.8) is 0 Å². The number of ether oxygens (including phenoxy) is 1. The Morgan fingerprint density at radius 1 is 1.42 bits per heavy atom. The average molecular weight is 267 g/mol. The molecule has 0 amide bonds. The number of nitrogens with zero attached hydrogens (tertiary/aromatic N) is 1. The molecule has 0 saturated carbocycles. The van der Waals surface area contributed by atoms with Crippen LogP contribution < -0.4 is 0 Å². The van der Waals surface area contributed by atoms with Crippen molar-refractivity contribution in [1.82, 2.24) is 4.90 Å². The second-order valence-electron chi connectivity index (χ2n) is 5.05. The Morgan fingerprint density at radius 2 is 2.16 bits per heavy atom. The van der Waals surface area contributed by atoms with Gasteiger partial charge in [-0.1, -0.05) is 19.1 Å². The van der Waals surface area contributed by atoms with Gasteiger partial charge in [-0.15, -0.1) is 0 Å². The summed E-state index contributed by atoms with van der Waals surface area (Å²) in [6.45, 7) is 5.21. The highest BCUT2D eigenvalue weighted by molar-refractivity contribution is 5.18. The molecular formula is C15H22FNO2. The zero-order valence-corrected chi connectivity index (χ0v) is 11.4. The lowest BCUT2D eigenvalue weighted by atomic mass is 10.1. The fourth-order valence-electron chi connectivity index (χ4n) is 2.44. The van der Waals surface area contributed by atoms with E-state index < -0.39 is 6.10 Å². The van der Waals surface area contributed by atoms with Crippen LogP contribution in [-0.2, 0) is 4.74 Å². The van der Waals surface area contributed by atoms with Crippen LogP contribution in [0.25, 0.3) is 0 Å². The van der Waals surface area contributed by atoms with Gasteiger partial charge in [-0.25, -0.2) is 4.39 Å². The van der Waals surface area contributed by atoms with E-state index in [4.69, 9.17) is 4.74 Å². The van der Waals surface area contributed by atoms with Crippen LogP contribution in [0, 0.1) is 5.82 Å². The van der Waals surface area contributed by atoms with E-state index in [9.17, 15) is 9.50 Å². The quantitative estimate of drug-likeness (QED) is 0.859. The van der Waals surface area contributed by atoms with Gasteiger partial charge >= 0.3 is 0 Å². The second kappa shape index (κ2) is 6.98. The number of aliphatic hydroxyl groups is 1. The van der Waals surface area contributed by atoms with Gasteiger partial charge in [0.2, 0.25) is 0 Å². The fourth-order valence-corrected chi connectivity index (χ4v) is 2.44. The molecule has 1 aromatic carbocycles. The van der Waals surface area contributed by atoms with Crippen LogP contribution in [0.3, 0.4) is 0 Å². The summed E-state index contributed by atoms with van der Waals surface area (Å²) in [4.78, 5) is 2.18. The van der Waals surface area contributed by atoms with Gasteiger partial charge in [0, 0.05) is 19.7 Å². The van der Waals surface area contributed by atoms with Crippen LogP contribution in [-0.4, -0.2) is 42.4 Å². The van der Waals surface area contributed by atoms with Gasteiger partial charge in [-0.2, -0.15) is 0 Å². The Labute approximate surface area is 114 Å². The molecule has 4 heteroatoms. The standard InChI is InChI=1S/C15H22FNO2/c1-2-17(10-14-4-3-9-19-14)11-15(18)12-5-7-13(16)8-6-12/h5-8,14-15,18H,2-4,9-11H2,1H3. The van der Waals surface area contributed by atoms with E-state index in [1.54, 1.807) is 12.1 Å². The molecule has 0 aromatic heterocycles. The van der Waals surface area contributed by atoms with Crippen molar-refractivity contribution in [3.05, 3.63) is 35.6 Å². The van der Waals surface area contributed by atoms with Crippen molar-refractivity contribution in [2.45, 2.75) is 32.0 Å². The lowest BCUT2D eigenvalue weighted by Crippen LogP contribution is -2.35. The normalized spacial score (nSPS) is 20.9. The predicted molar refractivity (Wildman–Crippen MR) is 72.4 cm³/mol. The fraction of sp³-hybridized carbons (Fsp3) is 0.600. The number of hydrogen-bond acceptors (Lipinski definition) is 3. The van der Waals surface area contributed by atoms with E-state index >= 15 is 0 Å². The second-order valence-corrected chi connectivity index (χ2v) is 5.05. The third-order valence-electron chi connectivity index (χ3n) is 3.62. The lowest BCUT2D eigenvalue weighted by molar-refractivity contribution is 0.0516. The van der Waals surface area contributed by atoms with Gasteiger partial charge in [-0.3, -0.25) is 4.90 Å². The molecular weight excluding hydrogens is 245 g/mol. The van der Waals surface area contributed by atoms with Gasteiger partial charge in [0.05, 0.1) is 12.2 Å². The highest BCUT2D eigenvalue weighted by Crippen LogP contribution is 2.17. The van der Waals surface area contributed by atoms with Crippen LogP contribution in [0.4, 0.5) is 4.39 Å². The third-order valence-corrected chi connectivity index (χ3v) is 3.62. The van der Waals surface area contributed by atoms with Crippen molar-refractivity contribution < 1.29 is 14.2 Å². The zero-order valence-electron chi connectivity index (χ0n) is 11.4. The molecule has 0 spiro atoms. The van der Waals surface area contributed by atoms with Gasteiger partial charge in [0.1, 0.15) is 5.82 Å². The summed E-state index contributed by atoms with van der Waals surface area (Å²) in [6, 6.07) is 6.05. The van der Waals surface area contributed by atoms with Crippen molar-refractivity contribution >= 4 is 0 Å². The van der Waals surface area contributed by atoms with Crippen LogP contribution >= 0.6 is 0 Å². The van der Waals surface area contributed by atoms with Crippen molar-refractivity contribution in [2.24, 2.45) is 0 Å². The lowest BCUT2D eigenvalue weighted by Gasteiger charge is -2.26. The van der Waals surface area contributed by atoms with Crippen molar-refractivity contribution in [1.29, 1.82) is 0 Å². The summed E-state index contributed by atoms with van der Waals surface area (Å²) in [5.74, 6) is -0.275. The molecule has 1 saturated heterocycles. The monoisotopic (exact) mass is 267 g/mol. The maximum atomic E-state index is 12.8. The van der Waals surface area contributed by atoms with Crippen LogP contribution in [0.2, 0.25) is 0 Å². The number of aliphatic hydroxyl groups excluding tert-OH is 1. The molecule has 106 valence electrons. The minimum absolute atomic E-state index is 0.275. The Kier molecular flexibility index (Phi) is 5.31. The Hall–Kier alpha value is -0.970. The first-order valence-corrected chi connectivity index (χ1v) is 6.96. The number of benzene rings is 1. The molecule has 3 nitrogen and oxygen atoms in total. The van der Waals surface area contributed by atoms with Gasteiger partial charge in [0.25, 0.3) is 0 Å². The number of rotatable bonds is 6. The van der Waals surface area contributed by atoms with E-state index in [1.165, 1.54) is 12.1 Å². The van der Waals surface area contributed by atoms with Crippen LogP contribution in [0.15, 0.2) is 24.3 Å². The minimum Gasteiger partial charge on any atom is -0.387 e. The van der Waals surface area contributed by atoms with Gasteiger partial charge in [-0.05, 0) is 37.1 Å². The van der Waals surface area contributed by atoms with Crippen molar-refractivity contribution in [2.75, 3.05) is 26.2 Å². The van der Waals surface area contributed by atoms with E-state index in [1.807, 2.05) is 0 Å². The third kappa shape index (κ3) is 4.27. The molecule has 1 fully saturated rings. The van der Waals surface area contributed by atoms with E-state index in [2.05, 4.69) is 11.8 Å². The molecule has 1 aliphatic rings. The smallest absolute Gasteiger partial charge is 0.123 e. The van der Waals surface area contributed by atoms with Gasteiger partial charge < -0.3 is 9.84 Å². The van der Waals surface area contributed by atoms with Crippen LogP contribution in [0.1, 0.15) is 31.4 Å². The number of hydrogen-bond donors (Lipinski definition) is 1. The highest BCUT2D eigenvalue weighted by atomic mass is 19.1. The molecule has 2 rings (SSSR count). The molecule has 1 aromatic rings. The molecule has 2 unspecified atom stereocenters. The maximum absolute atomic E-state index is 12.8. The molecule has 0 radical (unpaired) electrons. The summed E-state index contributed by atoms with van der Waals surface area (Å²) in [6.07, 6.45) is 1.94. The molecule has 1 N–H and O–H groups in total. The first-order chi connectivity index (χ1) is 9.19. The number of halogens is 1. The summed E-state index contributed by atoms with van der Waals surface area (Å²) >= 11 is 0. The Morgan fingerprint density at radius 3 is 2.74 bits per heavy atom. The minimum atomic E-state index is -0.582. The first-order valence-electron chi connectivity index (χ1n) is 6.96. The summed E-state index contributed by atoms with van der Waals surface area (Å²) in [5.41, 5.74) is 0.757. The summed E-state index contributed by atoms with van der Waals surface area (Å²) in [7, 11) is 0. The Bertz CT molecular complexity index is 376. The predicted octanol–water partition coefficient (Wildman–Crippen LogP) is 2.36. The zero-order chi connectivity index (χ0) is 13.7. The first kappa shape index (κ1) is 14.4. The number of likely N-dealkylation sites (N-methyl/N-ethyl adjacent to an activating group) is 1. The summed E-state index contributed by atoms with van der Waals surface area (Å²) < 4.78 is 18.5.